The number of urea groups is 1. The number of anilines is 1. The van der Waals surface area contributed by atoms with E-state index in [-0.39, 0.29) is 6.03 Å². The predicted molar refractivity (Wildman–Crippen MR) is 105 cm³/mol. The monoisotopic (exact) mass is 393 g/mol. The van der Waals surface area contributed by atoms with Crippen LogP contribution in [0.3, 0.4) is 0 Å². The van der Waals surface area contributed by atoms with E-state index in [1.165, 1.54) is 11.3 Å². The Kier molecular flexibility index (Phi) is 6.72. The summed E-state index contributed by atoms with van der Waals surface area (Å²) in [5, 5.41) is 0. The summed E-state index contributed by atoms with van der Waals surface area (Å²) in [4.78, 5) is 19.1. The van der Waals surface area contributed by atoms with Crippen molar-refractivity contribution in [2.24, 2.45) is 0 Å². The molecule has 1 heterocycles. The Balaban J connectivity index is 2.29. The lowest BCUT2D eigenvalue weighted by atomic mass is 10.1. The number of unbranched alkanes of at least 4 members (excludes halogenated alkanes) is 1. The summed E-state index contributed by atoms with van der Waals surface area (Å²) < 4.78 is 1.03. The standard InChI is InChI=1S/C19H28BrN3O/c1-5-8-9-22(7-3)19(24)23-11-10-21(4)18-15(6-2)12-17(20)13-16(18)14-23/h6,12-13H,2,5,7-11,14H2,1,3-4H3. The molecule has 0 spiro atoms. The van der Waals surface area contributed by atoms with Crippen molar-refractivity contribution in [1.82, 2.24) is 9.80 Å². The topological polar surface area (TPSA) is 26.8 Å². The molecule has 0 unspecified atom stereocenters. The molecule has 0 saturated carbocycles. The second-order valence-corrected chi connectivity index (χ2v) is 7.18. The van der Waals surface area contributed by atoms with Crippen molar-refractivity contribution in [2.45, 2.75) is 33.2 Å². The fourth-order valence-electron chi connectivity index (χ4n) is 3.19. The summed E-state index contributed by atoms with van der Waals surface area (Å²) in [6.45, 7) is 11.9. The normalized spacial score (nSPS) is 14.2. The Morgan fingerprint density at radius 1 is 1.38 bits per heavy atom. The van der Waals surface area contributed by atoms with E-state index < -0.39 is 0 Å². The van der Waals surface area contributed by atoms with Crippen LogP contribution in [0.5, 0.6) is 0 Å². The molecule has 4 nitrogen and oxygen atoms in total. The number of amides is 2. The Morgan fingerprint density at radius 2 is 2.12 bits per heavy atom. The molecular weight excluding hydrogens is 366 g/mol. The molecule has 1 aliphatic heterocycles. The van der Waals surface area contributed by atoms with Gasteiger partial charge < -0.3 is 14.7 Å². The van der Waals surface area contributed by atoms with E-state index >= 15 is 0 Å². The van der Waals surface area contributed by atoms with Crippen molar-refractivity contribution in [3.05, 3.63) is 34.3 Å². The maximum absolute atomic E-state index is 12.9. The molecule has 0 aromatic heterocycles. The van der Waals surface area contributed by atoms with Crippen molar-refractivity contribution in [1.29, 1.82) is 0 Å². The van der Waals surface area contributed by atoms with Gasteiger partial charge in [-0.25, -0.2) is 4.79 Å². The Morgan fingerprint density at radius 3 is 2.75 bits per heavy atom. The number of likely N-dealkylation sites (N-methyl/N-ethyl adjacent to an activating group) is 1. The van der Waals surface area contributed by atoms with Gasteiger partial charge in [0.05, 0.1) is 0 Å². The van der Waals surface area contributed by atoms with Crippen LogP contribution in [-0.2, 0) is 6.54 Å². The first-order valence-corrected chi connectivity index (χ1v) is 9.50. The highest BCUT2D eigenvalue weighted by Crippen LogP contribution is 2.32. The smallest absolute Gasteiger partial charge is 0.320 e. The van der Waals surface area contributed by atoms with Crippen LogP contribution in [0, 0.1) is 0 Å². The third-order valence-electron chi connectivity index (χ3n) is 4.56. The van der Waals surface area contributed by atoms with Crippen molar-refractivity contribution in [2.75, 3.05) is 38.1 Å². The van der Waals surface area contributed by atoms with Crippen LogP contribution in [-0.4, -0.2) is 49.1 Å². The molecule has 1 aromatic rings. The van der Waals surface area contributed by atoms with E-state index in [9.17, 15) is 4.79 Å². The van der Waals surface area contributed by atoms with Gasteiger partial charge in [0.15, 0.2) is 0 Å². The quantitative estimate of drug-likeness (QED) is 0.731. The predicted octanol–water partition coefficient (Wildman–Crippen LogP) is 4.59. The highest BCUT2D eigenvalue weighted by molar-refractivity contribution is 9.10. The van der Waals surface area contributed by atoms with Crippen LogP contribution in [0.15, 0.2) is 23.2 Å². The number of benzene rings is 1. The fourth-order valence-corrected chi connectivity index (χ4v) is 3.71. The van der Waals surface area contributed by atoms with E-state index in [2.05, 4.69) is 60.4 Å². The number of hydrogen-bond donors (Lipinski definition) is 0. The van der Waals surface area contributed by atoms with Gasteiger partial charge in [-0.15, -0.1) is 0 Å². The van der Waals surface area contributed by atoms with Crippen molar-refractivity contribution < 1.29 is 4.79 Å². The lowest BCUT2D eigenvalue weighted by Crippen LogP contribution is -2.44. The van der Waals surface area contributed by atoms with Gasteiger partial charge in [0, 0.05) is 49.9 Å². The molecule has 0 atom stereocenters. The maximum atomic E-state index is 12.9. The summed E-state index contributed by atoms with van der Waals surface area (Å²) in [5.41, 5.74) is 3.45. The fraction of sp³-hybridized carbons (Fsp3) is 0.526. The van der Waals surface area contributed by atoms with Crippen LogP contribution >= 0.6 is 15.9 Å². The third kappa shape index (κ3) is 4.12. The number of halogens is 1. The molecule has 2 amide bonds. The largest absolute Gasteiger partial charge is 0.372 e. The molecule has 0 radical (unpaired) electrons. The Labute approximate surface area is 154 Å². The van der Waals surface area contributed by atoms with Crippen molar-refractivity contribution in [3.63, 3.8) is 0 Å². The van der Waals surface area contributed by atoms with Gasteiger partial charge in [0.2, 0.25) is 0 Å². The molecule has 0 fully saturated rings. The van der Waals surface area contributed by atoms with Crippen LogP contribution in [0.25, 0.3) is 6.08 Å². The molecule has 1 aliphatic rings. The minimum atomic E-state index is 0.146. The van der Waals surface area contributed by atoms with E-state index in [1.54, 1.807) is 0 Å². The summed E-state index contributed by atoms with van der Waals surface area (Å²) >= 11 is 3.58. The molecule has 5 heteroatoms. The van der Waals surface area contributed by atoms with Gasteiger partial charge in [0.1, 0.15) is 0 Å². The molecule has 0 aliphatic carbocycles. The van der Waals surface area contributed by atoms with Crippen LogP contribution in [0.1, 0.15) is 37.8 Å². The Bertz CT molecular complexity index is 603. The van der Waals surface area contributed by atoms with Gasteiger partial charge in [-0.2, -0.15) is 0 Å². The minimum absolute atomic E-state index is 0.146. The van der Waals surface area contributed by atoms with Crippen molar-refractivity contribution >= 4 is 33.7 Å². The van der Waals surface area contributed by atoms with E-state index in [0.29, 0.717) is 6.54 Å². The first-order chi connectivity index (χ1) is 11.5. The van der Waals surface area contributed by atoms with E-state index in [4.69, 9.17) is 0 Å². The van der Waals surface area contributed by atoms with Gasteiger partial charge in [0.25, 0.3) is 0 Å². The van der Waals surface area contributed by atoms with E-state index in [1.807, 2.05) is 15.9 Å². The third-order valence-corrected chi connectivity index (χ3v) is 5.01. The van der Waals surface area contributed by atoms with E-state index in [0.717, 1.165) is 49.1 Å². The first-order valence-electron chi connectivity index (χ1n) is 8.71. The second kappa shape index (κ2) is 8.56. The second-order valence-electron chi connectivity index (χ2n) is 6.27. The molecule has 1 aromatic carbocycles. The van der Waals surface area contributed by atoms with Gasteiger partial charge >= 0.3 is 6.03 Å². The average Bonchev–Trinajstić information content (AvgIpc) is 2.73. The summed E-state index contributed by atoms with van der Waals surface area (Å²) in [7, 11) is 2.09. The zero-order valence-electron chi connectivity index (χ0n) is 15.0. The maximum Gasteiger partial charge on any atom is 0.320 e. The molecule has 24 heavy (non-hydrogen) atoms. The number of rotatable bonds is 5. The Hall–Kier alpha value is -1.49. The number of carbonyl (C=O) groups excluding carboxylic acids is 1. The zero-order valence-corrected chi connectivity index (χ0v) is 16.6. The molecule has 0 N–H and O–H groups in total. The number of hydrogen-bond acceptors (Lipinski definition) is 2. The lowest BCUT2D eigenvalue weighted by molar-refractivity contribution is 0.154. The molecule has 2 rings (SSSR count). The summed E-state index contributed by atoms with van der Waals surface area (Å²) in [6.07, 6.45) is 4.04. The summed E-state index contributed by atoms with van der Waals surface area (Å²) in [6, 6.07) is 4.35. The lowest BCUT2D eigenvalue weighted by Gasteiger charge is -2.29. The number of fused-ring (bicyclic) bond motifs is 1. The number of nitrogens with zero attached hydrogens (tertiary/aromatic N) is 3. The zero-order chi connectivity index (χ0) is 17.7. The molecule has 132 valence electrons. The summed E-state index contributed by atoms with van der Waals surface area (Å²) in [5.74, 6) is 0. The van der Waals surface area contributed by atoms with Gasteiger partial charge in [-0.3, -0.25) is 0 Å². The van der Waals surface area contributed by atoms with Crippen molar-refractivity contribution in [3.8, 4) is 0 Å². The highest BCUT2D eigenvalue weighted by atomic mass is 79.9. The molecule has 0 bridgehead atoms. The molecule has 0 saturated heterocycles. The molecular formula is C19H28BrN3O. The first kappa shape index (κ1) is 18.8. The van der Waals surface area contributed by atoms with Crippen LogP contribution < -0.4 is 4.90 Å². The van der Waals surface area contributed by atoms with Crippen LogP contribution in [0.2, 0.25) is 0 Å². The number of carbonyl (C=O) groups is 1. The van der Waals surface area contributed by atoms with Gasteiger partial charge in [-0.05, 0) is 36.6 Å². The average molecular weight is 394 g/mol. The van der Waals surface area contributed by atoms with Crippen LogP contribution in [0.4, 0.5) is 10.5 Å². The highest BCUT2D eigenvalue weighted by Gasteiger charge is 2.25. The van der Waals surface area contributed by atoms with Gasteiger partial charge in [-0.1, -0.05) is 41.9 Å². The minimum Gasteiger partial charge on any atom is -0.372 e. The SMILES string of the molecule is C=Cc1cc(Br)cc2c1N(C)CCN(C(=O)N(CC)CCCC)C2.